The standard InChI is InChI=1S/C9H17NO2/c11-6-8-1-3-10(4-2-8)5-9-7-12-9/h8-9,11H,1-7H2/t9-/m0/s1. The van der Waals surface area contributed by atoms with Crippen LogP contribution in [0.25, 0.3) is 0 Å². The third kappa shape index (κ3) is 2.19. The molecule has 12 heavy (non-hydrogen) atoms. The molecule has 2 aliphatic heterocycles. The first-order valence-electron chi connectivity index (χ1n) is 4.83. The van der Waals surface area contributed by atoms with Crippen LogP contribution >= 0.6 is 0 Å². The van der Waals surface area contributed by atoms with E-state index in [1.54, 1.807) is 0 Å². The van der Waals surface area contributed by atoms with Gasteiger partial charge in [-0.25, -0.2) is 0 Å². The van der Waals surface area contributed by atoms with Gasteiger partial charge in [-0.3, -0.25) is 0 Å². The van der Waals surface area contributed by atoms with Gasteiger partial charge < -0.3 is 14.7 Å². The minimum atomic E-state index is 0.369. The predicted molar refractivity (Wildman–Crippen MR) is 46.0 cm³/mol. The average molecular weight is 171 g/mol. The maximum Gasteiger partial charge on any atom is 0.0936 e. The maximum atomic E-state index is 8.93. The monoisotopic (exact) mass is 171 g/mol. The van der Waals surface area contributed by atoms with Crippen LogP contribution in [0.2, 0.25) is 0 Å². The van der Waals surface area contributed by atoms with Crippen LogP contribution in [0, 0.1) is 5.92 Å². The van der Waals surface area contributed by atoms with Crippen LogP contribution in [0.1, 0.15) is 12.8 Å². The Bertz CT molecular complexity index is 139. The number of piperidine rings is 1. The molecule has 0 unspecified atom stereocenters. The molecule has 0 aliphatic carbocycles. The second-order valence-corrected chi connectivity index (χ2v) is 3.88. The number of epoxide rings is 1. The number of nitrogens with zero attached hydrogens (tertiary/aromatic N) is 1. The average Bonchev–Trinajstić information content (AvgIpc) is 2.90. The third-order valence-corrected chi connectivity index (χ3v) is 2.83. The van der Waals surface area contributed by atoms with Crippen molar-refractivity contribution in [2.24, 2.45) is 5.92 Å². The molecule has 3 nitrogen and oxygen atoms in total. The van der Waals surface area contributed by atoms with E-state index in [-0.39, 0.29) is 0 Å². The van der Waals surface area contributed by atoms with Gasteiger partial charge in [0.05, 0.1) is 12.7 Å². The fraction of sp³-hybridized carbons (Fsp3) is 1.00. The molecule has 0 aromatic heterocycles. The van der Waals surface area contributed by atoms with Gasteiger partial charge in [0, 0.05) is 13.2 Å². The molecule has 2 rings (SSSR count). The van der Waals surface area contributed by atoms with Crippen molar-refractivity contribution >= 4 is 0 Å². The lowest BCUT2D eigenvalue weighted by Crippen LogP contribution is -2.37. The zero-order valence-electron chi connectivity index (χ0n) is 7.41. The Kier molecular flexibility index (Phi) is 2.63. The molecular weight excluding hydrogens is 154 g/mol. The highest BCUT2D eigenvalue weighted by molar-refractivity contribution is 4.78. The molecule has 0 amide bonds. The summed E-state index contributed by atoms with van der Waals surface area (Å²) in [4.78, 5) is 2.45. The third-order valence-electron chi connectivity index (χ3n) is 2.83. The molecule has 0 aromatic rings. The fourth-order valence-electron chi connectivity index (χ4n) is 1.81. The molecule has 3 heteroatoms. The van der Waals surface area contributed by atoms with Gasteiger partial charge in [0.15, 0.2) is 0 Å². The van der Waals surface area contributed by atoms with E-state index in [4.69, 9.17) is 9.84 Å². The van der Waals surface area contributed by atoms with Gasteiger partial charge in [0.1, 0.15) is 0 Å². The van der Waals surface area contributed by atoms with Gasteiger partial charge in [-0.2, -0.15) is 0 Å². The summed E-state index contributed by atoms with van der Waals surface area (Å²) >= 11 is 0. The largest absolute Gasteiger partial charge is 0.396 e. The van der Waals surface area contributed by atoms with Crippen molar-refractivity contribution in [2.75, 3.05) is 32.8 Å². The Labute approximate surface area is 73.3 Å². The van der Waals surface area contributed by atoms with Gasteiger partial charge >= 0.3 is 0 Å². The first kappa shape index (κ1) is 8.48. The Morgan fingerprint density at radius 2 is 2.00 bits per heavy atom. The van der Waals surface area contributed by atoms with Gasteiger partial charge in [-0.05, 0) is 31.8 Å². The Morgan fingerprint density at radius 1 is 1.33 bits per heavy atom. The molecule has 2 heterocycles. The minimum Gasteiger partial charge on any atom is -0.396 e. The van der Waals surface area contributed by atoms with Crippen LogP contribution < -0.4 is 0 Å². The second kappa shape index (κ2) is 3.73. The number of hydrogen-bond acceptors (Lipinski definition) is 3. The summed E-state index contributed by atoms with van der Waals surface area (Å²) in [7, 11) is 0. The van der Waals surface area contributed by atoms with Crippen LogP contribution in [-0.2, 0) is 4.74 Å². The van der Waals surface area contributed by atoms with Crippen molar-refractivity contribution in [2.45, 2.75) is 18.9 Å². The van der Waals surface area contributed by atoms with Gasteiger partial charge in [-0.15, -0.1) is 0 Å². The first-order chi connectivity index (χ1) is 5.88. The lowest BCUT2D eigenvalue weighted by atomic mass is 9.98. The molecule has 0 spiro atoms. The topological polar surface area (TPSA) is 36.0 Å². The summed E-state index contributed by atoms with van der Waals surface area (Å²) in [6.07, 6.45) is 2.84. The van der Waals surface area contributed by atoms with Gasteiger partial charge in [0.2, 0.25) is 0 Å². The Balaban J connectivity index is 1.66. The Hall–Kier alpha value is -0.120. The quantitative estimate of drug-likeness (QED) is 0.611. The maximum absolute atomic E-state index is 8.93. The van der Waals surface area contributed by atoms with E-state index in [0.717, 1.165) is 39.1 Å². The smallest absolute Gasteiger partial charge is 0.0936 e. The van der Waals surface area contributed by atoms with E-state index in [2.05, 4.69) is 4.90 Å². The van der Waals surface area contributed by atoms with Crippen molar-refractivity contribution in [3.05, 3.63) is 0 Å². The second-order valence-electron chi connectivity index (χ2n) is 3.88. The highest BCUT2D eigenvalue weighted by atomic mass is 16.6. The molecule has 0 radical (unpaired) electrons. The van der Waals surface area contributed by atoms with Gasteiger partial charge in [-0.1, -0.05) is 0 Å². The highest BCUT2D eigenvalue weighted by Crippen LogP contribution is 2.19. The number of hydrogen-bond donors (Lipinski definition) is 1. The van der Waals surface area contributed by atoms with Gasteiger partial charge in [0.25, 0.3) is 0 Å². The lowest BCUT2D eigenvalue weighted by molar-refractivity contribution is 0.125. The zero-order chi connectivity index (χ0) is 8.39. The molecule has 2 fully saturated rings. The van der Waals surface area contributed by atoms with E-state index in [1.807, 2.05) is 0 Å². The van der Waals surface area contributed by atoms with Crippen molar-refractivity contribution in [3.63, 3.8) is 0 Å². The molecular formula is C9H17NO2. The predicted octanol–water partition coefficient (Wildman–Crippen LogP) is 0.0895. The van der Waals surface area contributed by atoms with E-state index >= 15 is 0 Å². The van der Waals surface area contributed by atoms with E-state index in [9.17, 15) is 0 Å². The highest BCUT2D eigenvalue weighted by Gasteiger charge is 2.27. The molecule has 0 saturated carbocycles. The normalized spacial score (nSPS) is 32.2. The van der Waals surface area contributed by atoms with Crippen molar-refractivity contribution in [1.82, 2.24) is 4.90 Å². The molecule has 2 saturated heterocycles. The number of rotatable bonds is 3. The lowest BCUT2D eigenvalue weighted by Gasteiger charge is -2.30. The van der Waals surface area contributed by atoms with E-state index in [1.165, 1.54) is 0 Å². The number of likely N-dealkylation sites (tertiary alicyclic amines) is 1. The molecule has 1 atom stereocenters. The van der Waals surface area contributed by atoms with E-state index in [0.29, 0.717) is 18.6 Å². The summed E-state index contributed by atoms with van der Waals surface area (Å²) < 4.78 is 5.17. The molecule has 70 valence electrons. The van der Waals surface area contributed by atoms with Crippen LogP contribution in [0.4, 0.5) is 0 Å². The SMILES string of the molecule is OCC1CCN(C[C@H]2CO2)CC1. The van der Waals surface area contributed by atoms with Crippen molar-refractivity contribution in [1.29, 1.82) is 0 Å². The Morgan fingerprint density at radius 3 is 2.50 bits per heavy atom. The summed E-state index contributed by atoms with van der Waals surface area (Å²) in [5, 5.41) is 8.93. The van der Waals surface area contributed by atoms with E-state index < -0.39 is 0 Å². The molecule has 2 aliphatic rings. The minimum absolute atomic E-state index is 0.369. The van der Waals surface area contributed by atoms with Crippen molar-refractivity contribution in [3.8, 4) is 0 Å². The summed E-state index contributed by atoms with van der Waals surface area (Å²) in [6, 6.07) is 0. The van der Waals surface area contributed by atoms with Crippen LogP contribution in [0.15, 0.2) is 0 Å². The molecule has 0 aromatic carbocycles. The molecule has 0 bridgehead atoms. The first-order valence-corrected chi connectivity index (χ1v) is 4.83. The number of aliphatic hydroxyl groups excluding tert-OH is 1. The summed E-state index contributed by atoms with van der Waals surface area (Å²) in [6.45, 7) is 4.72. The fourth-order valence-corrected chi connectivity index (χ4v) is 1.81. The number of aliphatic hydroxyl groups is 1. The van der Waals surface area contributed by atoms with Crippen molar-refractivity contribution < 1.29 is 9.84 Å². The van der Waals surface area contributed by atoms with Crippen LogP contribution in [-0.4, -0.2) is 49.0 Å². The summed E-state index contributed by atoms with van der Waals surface area (Å²) in [5.74, 6) is 0.557. The zero-order valence-corrected chi connectivity index (χ0v) is 7.41. The van der Waals surface area contributed by atoms with Crippen LogP contribution in [0.3, 0.4) is 0 Å². The summed E-state index contributed by atoms with van der Waals surface area (Å²) in [5.41, 5.74) is 0. The number of ether oxygens (including phenoxy) is 1. The molecule has 1 N–H and O–H groups in total. The van der Waals surface area contributed by atoms with Crippen LogP contribution in [0.5, 0.6) is 0 Å².